The summed E-state index contributed by atoms with van der Waals surface area (Å²) in [6.07, 6.45) is 14.2. The summed E-state index contributed by atoms with van der Waals surface area (Å²) >= 11 is 0. The summed E-state index contributed by atoms with van der Waals surface area (Å²) in [5.41, 5.74) is 3.57. The van der Waals surface area contributed by atoms with Crippen LogP contribution in [0.15, 0.2) is 57.3 Å². The molecule has 0 bridgehead atoms. The van der Waals surface area contributed by atoms with Crippen LogP contribution in [0.3, 0.4) is 0 Å². The molecule has 0 radical (unpaired) electrons. The van der Waals surface area contributed by atoms with Crippen LogP contribution < -0.4 is 0 Å². The monoisotopic (exact) mass is 256 g/mol. The maximum absolute atomic E-state index is 4.45. The van der Waals surface area contributed by atoms with Gasteiger partial charge in [0.25, 0.3) is 0 Å². The van der Waals surface area contributed by atoms with Crippen molar-refractivity contribution in [2.24, 2.45) is 21.8 Å². The van der Waals surface area contributed by atoms with E-state index < -0.39 is 0 Å². The molecule has 0 saturated carbocycles. The Hall–Kier alpha value is -1.70. The van der Waals surface area contributed by atoms with E-state index in [0.29, 0.717) is 11.8 Å². The minimum atomic E-state index is 0.324. The Balaban J connectivity index is 3.08. The predicted molar refractivity (Wildman–Crippen MR) is 85.7 cm³/mol. The minimum Gasteiger partial charge on any atom is -0.267 e. The molecule has 2 heteroatoms. The predicted octanol–water partition coefficient (Wildman–Crippen LogP) is 4.72. The second-order valence-electron chi connectivity index (χ2n) is 5.10. The van der Waals surface area contributed by atoms with Crippen molar-refractivity contribution in [2.75, 3.05) is 0 Å². The SMILES string of the molecule is CC1=CN=CC(C)/C=C/C=C\C(C)=C(\C)C(C)C=N1. The standard InChI is InChI=1S/C17H24N2/c1-13-8-6-7-9-14(2)17(5)15(3)11-19-16(4)12-18-10-13/h6-13,15H,1-5H3/b8-6+,9-7-,16-12?,17-14-,18-10?,19-11?. The molecule has 0 saturated heterocycles. The zero-order chi connectivity index (χ0) is 14.3. The first-order chi connectivity index (χ1) is 9.00. The number of hydrogen-bond acceptors (Lipinski definition) is 2. The van der Waals surface area contributed by atoms with Gasteiger partial charge in [0.15, 0.2) is 0 Å². The third-order valence-corrected chi connectivity index (χ3v) is 3.26. The largest absolute Gasteiger partial charge is 0.267 e. The molecule has 1 aliphatic rings. The lowest BCUT2D eigenvalue weighted by atomic mass is 9.98. The van der Waals surface area contributed by atoms with Crippen LogP contribution in [0.5, 0.6) is 0 Å². The Morgan fingerprint density at radius 2 is 1.74 bits per heavy atom. The summed E-state index contributed by atoms with van der Waals surface area (Å²) < 4.78 is 0. The Labute approximate surface area is 117 Å². The van der Waals surface area contributed by atoms with Gasteiger partial charge in [-0.2, -0.15) is 0 Å². The molecule has 0 amide bonds. The van der Waals surface area contributed by atoms with E-state index in [1.807, 2.05) is 19.4 Å². The zero-order valence-corrected chi connectivity index (χ0v) is 12.6. The summed E-state index contributed by atoms with van der Waals surface area (Å²) in [5, 5.41) is 0. The van der Waals surface area contributed by atoms with E-state index in [-0.39, 0.29) is 0 Å². The first-order valence-corrected chi connectivity index (χ1v) is 6.77. The van der Waals surface area contributed by atoms with E-state index in [9.17, 15) is 0 Å². The molecular formula is C17H24N2. The van der Waals surface area contributed by atoms with Gasteiger partial charge in [0.1, 0.15) is 0 Å². The fourth-order valence-electron chi connectivity index (χ4n) is 1.64. The maximum atomic E-state index is 4.45. The van der Waals surface area contributed by atoms with Crippen LogP contribution in [0.25, 0.3) is 0 Å². The van der Waals surface area contributed by atoms with Gasteiger partial charge >= 0.3 is 0 Å². The Morgan fingerprint density at radius 3 is 2.47 bits per heavy atom. The fraction of sp³-hybridized carbons (Fsp3) is 0.412. The van der Waals surface area contributed by atoms with Gasteiger partial charge in [0, 0.05) is 30.5 Å². The lowest BCUT2D eigenvalue weighted by Gasteiger charge is -2.09. The van der Waals surface area contributed by atoms with Gasteiger partial charge in [-0.15, -0.1) is 0 Å². The first kappa shape index (κ1) is 15.4. The summed E-state index contributed by atoms with van der Waals surface area (Å²) in [6, 6.07) is 0. The fourth-order valence-corrected chi connectivity index (χ4v) is 1.64. The average molecular weight is 256 g/mol. The molecule has 0 aliphatic carbocycles. The van der Waals surface area contributed by atoms with E-state index in [2.05, 4.69) is 62.0 Å². The Morgan fingerprint density at radius 1 is 1.00 bits per heavy atom. The van der Waals surface area contributed by atoms with Crippen LogP contribution in [-0.4, -0.2) is 12.4 Å². The summed E-state index contributed by atoms with van der Waals surface area (Å²) in [6.45, 7) is 10.5. The number of rotatable bonds is 0. The third kappa shape index (κ3) is 5.64. The van der Waals surface area contributed by atoms with Crippen LogP contribution >= 0.6 is 0 Å². The molecule has 0 N–H and O–H groups in total. The van der Waals surface area contributed by atoms with E-state index in [1.54, 1.807) is 6.20 Å². The molecule has 2 unspecified atom stereocenters. The highest BCUT2D eigenvalue weighted by Gasteiger charge is 2.03. The minimum absolute atomic E-state index is 0.324. The molecule has 19 heavy (non-hydrogen) atoms. The second-order valence-corrected chi connectivity index (χ2v) is 5.10. The summed E-state index contributed by atoms with van der Waals surface area (Å²) in [5.74, 6) is 0.660. The highest BCUT2D eigenvalue weighted by molar-refractivity contribution is 5.67. The molecule has 0 aromatic rings. The van der Waals surface area contributed by atoms with E-state index >= 15 is 0 Å². The van der Waals surface area contributed by atoms with Crippen LogP contribution in [0.4, 0.5) is 0 Å². The van der Waals surface area contributed by atoms with Gasteiger partial charge in [-0.05, 0) is 20.8 Å². The van der Waals surface area contributed by atoms with E-state index in [4.69, 9.17) is 0 Å². The van der Waals surface area contributed by atoms with Crippen LogP contribution in [-0.2, 0) is 0 Å². The van der Waals surface area contributed by atoms with Crippen LogP contribution in [0.1, 0.15) is 34.6 Å². The molecule has 1 aliphatic heterocycles. The summed E-state index contributed by atoms with van der Waals surface area (Å²) in [7, 11) is 0. The van der Waals surface area contributed by atoms with Crippen molar-refractivity contribution in [3.05, 3.63) is 47.3 Å². The van der Waals surface area contributed by atoms with Crippen molar-refractivity contribution in [2.45, 2.75) is 34.6 Å². The van der Waals surface area contributed by atoms with Gasteiger partial charge in [0.05, 0.1) is 5.70 Å². The second kappa shape index (κ2) is 7.67. The Bertz CT molecular complexity index is 473. The maximum Gasteiger partial charge on any atom is 0.0551 e. The zero-order valence-electron chi connectivity index (χ0n) is 12.6. The molecule has 1 heterocycles. The molecule has 0 fully saturated rings. The number of aliphatic imine (C=N–C) groups is 2. The lowest BCUT2D eigenvalue weighted by molar-refractivity contribution is 0.915. The smallest absolute Gasteiger partial charge is 0.0551 e. The van der Waals surface area contributed by atoms with Gasteiger partial charge in [-0.25, -0.2) is 0 Å². The lowest BCUT2D eigenvalue weighted by Crippen LogP contribution is -2.00. The van der Waals surface area contributed by atoms with Crippen molar-refractivity contribution in [1.82, 2.24) is 0 Å². The van der Waals surface area contributed by atoms with Crippen LogP contribution in [0.2, 0.25) is 0 Å². The van der Waals surface area contributed by atoms with Crippen molar-refractivity contribution < 1.29 is 0 Å². The van der Waals surface area contributed by atoms with Crippen molar-refractivity contribution in [3.63, 3.8) is 0 Å². The van der Waals surface area contributed by atoms with Gasteiger partial charge in [-0.3, -0.25) is 9.98 Å². The molecular weight excluding hydrogens is 232 g/mol. The molecule has 0 aromatic carbocycles. The number of allylic oxidation sites excluding steroid dienone is 7. The van der Waals surface area contributed by atoms with Crippen molar-refractivity contribution in [1.29, 1.82) is 0 Å². The van der Waals surface area contributed by atoms with E-state index in [1.165, 1.54) is 11.1 Å². The van der Waals surface area contributed by atoms with Gasteiger partial charge in [-0.1, -0.05) is 49.3 Å². The first-order valence-electron chi connectivity index (χ1n) is 6.77. The topological polar surface area (TPSA) is 24.7 Å². The quantitative estimate of drug-likeness (QED) is 0.599. The highest BCUT2D eigenvalue weighted by atomic mass is 14.8. The molecule has 2 nitrogen and oxygen atoms in total. The van der Waals surface area contributed by atoms with E-state index in [0.717, 1.165) is 5.70 Å². The van der Waals surface area contributed by atoms with Gasteiger partial charge in [0.2, 0.25) is 0 Å². The highest BCUT2D eigenvalue weighted by Crippen LogP contribution is 2.15. The van der Waals surface area contributed by atoms with Crippen molar-refractivity contribution >= 4 is 12.4 Å². The molecule has 1 rings (SSSR count). The molecule has 0 spiro atoms. The Kier molecular flexibility index (Phi) is 6.20. The molecule has 0 aromatic heterocycles. The van der Waals surface area contributed by atoms with Crippen LogP contribution in [0, 0.1) is 11.8 Å². The molecule has 102 valence electrons. The number of hydrogen-bond donors (Lipinski definition) is 0. The normalized spacial score (nSPS) is 32.6. The molecule has 2 atom stereocenters. The third-order valence-electron chi connectivity index (χ3n) is 3.26. The average Bonchev–Trinajstić information content (AvgIpc) is 2.38. The summed E-state index contributed by atoms with van der Waals surface area (Å²) in [4.78, 5) is 8.74. The van der Waals surface area contributed by atoms with Gasteiger partial charge < -0.3 is 0 Å². The van der Waals surface area contributed by atoms with Crippen molar-refractivity contribution in [3.8, 4) is 0 Å². The number of nitrogens with zero attached hydrogens (tertiary/aromatic N) is 2.